The summed E-state index contributed by atoms with van der Waals surface area (Å²) in [5.74, 6) is 0.287. The fourth-order valence-electron chi connectivity index (χ4n) is 3.82. The highest BCUT2D eigenvalue weighted by atomic mass is 19.1. The molecule has 0 unspecified atom stereocenters. The highest BCUT2D eigenvalue weighted by Crippen LogP contribution is 2.32. The summed E-state index contributed by atoms with van der Waals surface area (Å²) in [5, 5.41) is 15.4. The maximum absolute atomic E-state index is 13.0. The second kappa shape index (κ2) is 9.97. The van der Waals surface area contributed by atoms with E-state index in [-0.39, 0.29) is 49.6 Å². The van der Waals surface area contributed by atoms with E-state index in [0.29, 0.717) is 36.4 Å². The van der Waals surface area contributed by atoms with E-state index in [1.54, 1.807) is 30.3 Å². The number of carbonyl (C=O) groups excluding carboxylic acids is 2. The molecule has 1 saturated heterocycles. The van der Waals surface area contributed by atoms with Crippen LogP contribution in [0.3, 0.4) is 0 Å². The Balaban J connectivity index is 1.26. The molecule has 0 spiro atoms. The summed E-state index contributed by atoms with van der Waals surface area (Å²) < 4.78 is 29.4. The molecule has 4 rings (SSSR count). The van der Waals surface area contributed by atoms with Crippen LogP contribution < -0.4 is 20.1 Å². The molecule has 2 heterocycles. The lowest BCUT2D eigenvalue weighted by atomic mass is 9.96. The average molecular weight is 444 g/mol. The first-order valence-electron chi connectivity index (χ1n) is 10.5. The molecule has 170 valence electrons. The molecule has 2 aromatic carbocycles. The van der Waals surface area contributed by atoms with Gasteiger partial charge in [0, 0.05) is 12.1 Å². The van der Waals surface area contributed by atoms with E-state index >= 15 is 0 Å². The first-order chi connectivity index (χ1) is 15.5. The summed E-state index contributed by atoms with van der Waals surface area (Å²) in [6.07, 6.45) is 0.292. The topological polar surface area (TPSA) is 106 Å². The molecule has 9 heteroatoms. The monoisotopic (exact) mass is 444 g/mol. The predicted molar refractivity (Wildman–Crippen MR) is 112 cm³/mol. The van der Waals surface area contributed by atoms with E-state index in [4.69, 9.17) is 14.2 Å². The van der Waals surface area contributed by atoms with Gasteiger partial charge in [0.05, 0.1) is 25.2 Å². The van der Waals surface area contributed by atoms with Crippen LogP contribution in [0.15, 0.2) is 42.5 Å². The Kier molecular flexibility index (Phi) is 6.87. The van der Waals surface area contributed by atoms with Crippen LogP contribution in [0.1, 0.15) is 35.2 Å². The Bertz CT molecular complexity index is 967. The van der Waals surface area contributed by atoms with Crippen molar-refractivity contribution in [2.75, 3.05) is 13.4 Å². The zero-order valence-electron chi connectivity index (χ0n) is 17.4. The SMILES string of the molecule is O=C(C[C@H]1CC[C@H](NC(=O)c2ccc3c(c2)OCO3)[C@@H](CO)O1)NCc1ccc(F)cc1. The van der Waals surface area contributed by atoms with Gasteiger partial charge in [-0.05, 0) is 48.7 Å². The van der Waals surface area contributed by atoms with Gasteiger partial charge in [0.1, 0.15) is 11.9 Å². The van der Waals surface area contributed by atoms with Crippen molar-refractivity contribution in [1.29, 1.82) is 0 Å². The van der Waals surface area contributed by atoms with E-state index in [1.807, 2.05) is 0 Å². The second-order valence-electron chi connectivity index (χ2n) is 7.81. The number of ether oxygens (including phenoxy) is 3. The van der Waals surface area contributed by atoms with Crippen molar-refractivity contribution in [3.8, 4) is 11.5 Å². The lowest BCUT2D eigenvalue weighted by Gasteiger charge is -2.36. The molecule has 3 N–H and O–H groups in total. The number of carbonyl (C=O) groups is 2. The molecule has 8 nitrogen and oxygen atoms in total. The molecule has 0 saturated carbocycles. The van der Waals surface area contributed by atoms with Crippen molar-refractivity contribution >= 4 is 11.8 Å². The number of nitrogens with one attached hydrogen (secondary N) is 2. The summed E-state index contributed by atoms with van der Waals surface area (Å²) in [5.41, 5.74) is 1.22. The first-order valence-corrected chi connectivity index (χ1v) is 10.5. The zero-order valence-corrected chi connectivity index (χ0v) is 17.4. The van der Waals surface area contributed by atoms with Gasteiger partial charge in [-0.2, -0.15) is 0 Å². The van der Waals surface area contributed by atoms with Gasteiger partial charge in [-0.25, -0.2) is 4.39 Å². The number of halogens is 1. The number of aliphatic hydroxyl groups is 1. The summed E-state index contributed by atoms with van der Waals surface area (Å²) in [6.45, 7) is 0.144. The van der Waals surface area contributed by atoms with Crippen LogP contribution in [0.2, 0.25) is 0 Å². The van der Waals surface area contributed by atoms with Gasteiger partial charge in [0.2, 0.25) is 12.7 Å². The number of hydrogen-bond donors (Lipinski definition) is 3. The molecule has 2 aliphatic heterocycles. The summed E-state index contributed by atoms with van der Waals surface area (Å²) in [4.78, 5) is 24.9. The Morgan fingerprint density at radius 2 is 1.84 bits per heavy atom. The molecule has 0 bridgehead atoms. The largest absolute Gasteiger partial charge is 0.454 e. The van der Waals surface area contributed by atoms with Crippen molar-refractivity contribution in [2.45, 2.75) is 44.1 Å². The van der Waals surface area contributed by atoms with E-state index in [0.717, 1.165) is 5.56 Å². The van der Waals surface area contributed by atoms with Crippen molar-refractivity contribution in [2.24, 2.45) is 0 Å². The van der Waals surface area contributed by atoms with Gasteiger partial charge >= 0.3 is 0 Å². The second-order valence-corrected chi connectivity index (χ2v) is 7.81. The predicted octanol–water partition coefficient (Wildman–Crippen LogP) is 1.90. The van der Waals surface area contributed by atoms with Crippen molar-refractivity contribution in [3.63, 3.8) is 0 Å². The lowest BCUT2D eigenvalue weighted by molar-refractivity contribution is -0.131. The van der Waals surface area contributed by atoms with Crippen LogP contribution in [0.4, 0.5) is 4.39 Å². The zero-order chi connectivity index (χ0) is 22.5. The third-order valence-corrected chi connectivity index (χ3v) is 5.56. The number of rotatable bonds is 7. The van der Waals surface area contributed by atoms with E-state index in [2.05, 4.69) is 10.6 Å². The average Bonchev–Trinajstić information content (AvgIpc) is 3.27. The fourth-order valence-corrected chi connectivity index (χ4v) is 3.82. The maximum atomic E-state index is 13.0. The van der Waals surface area contributed by atoms with Crippen LogP contribution in [-0.4, -0.2) is 48.6 Å². The van der Waals surface area contributed by atoms with Crippen LogP contribution in [0.5, 0.6) is 11.5 Å². The van der Waals surface area contributed by atoms with Gasteiger partial charge in [-0.1, -0.05) is 12.1 Å². The molecule has 1 fully saturated rings. The molecule has 0 aromatic heterocycles. The molecule has 2 aromatic rings. The van der Waals surface area contributed by atoms with Crippen molar-refractivity contribution in [3.05, 3.63) is 59.4 Å². The summed E-state index contributed by atoms with van der Waals surface area (Å²) >= 11 is 0. The van der Waals surface area contributed by atoms with Crippen LogP contribution in [0.25, 0.3) is 0 Å². The molecule has 2 aliphatic rings. The highest BCUT2D eigenvalue weighted by Gasteiger charge is 2.33. The van der Waals surface area contributed by atoms with E-state index in [1.165, 1.54) is 12.1 Å². The van der Waals surface area contributed by atoms with Gasteiger partial charge in [0.15, 0.2) is 11.5 Å². The Morgan fingerprint density at radius 3 is 2.62 bits per heavy atom. The molecular formula is C23H25FN2O6. The van der Waals surface area contributed by atoms with Gasteiger partial charge < -0.3 is 30.0 Å². The quantitative estimate of drug-likeness (QED) is 0.602. The van der Waals surface area contributed by atoms with E-state index in [9.17, 15) is 19.1 Å². The molecule has 0 aliphatic carbocycles. The Morgan fingerprint density at radius 1 is 1.06 bits per heavy atom. The third-order valence-electron chi connectivity index (χ3n) is 5.56. The van der Waals surface area contributed by atoms with Crippen LogP contribution >= 0.6 is 0 Å². The number of aliphatic hydroxyl groups excluding tert-OH is 1. The molecule has 3 atom stereocenters. The lowest BCUT2D eigenvalue weighted by Crippen LogP contribution is -2.51. The van der Waals surface area contributed by atoms with Gasteiger partial charge in [0.25, 0.3) is 5.91 Å². The van der Waals surface area contributed by atoms with Crippen molar-refractivity contribution < 1.29 is 33.3 Å². The van der Waals surface area contributed by atoms with Gasteiger partial charge in [-0.15, -0.1) is 0 Å². The fraction of sp³-hybridized carbons (Fsp3) is 0.391. The van der Waals surface area contributed by atoms with Crippen LogP contribution in [-0.2, 0) is 16.1 Å². The minimum absolute atomic E-state index is 0.127. The minimum atomic E-state index is -0.614. The molecule has 2 amide bonds. The smallest absolute Gasteiger partial charge is 0.251 e. The summed E-state index contributed by atoms with van der Waals surface area (Å²) in [6, 6.07) is 10.5. The van der Waals surface area contributed by atoms with Crippen molar-refractivity contribution in [1.82, 2.24) is 10.6 Å². The first kappa shape index (κ1) is 22.0. The highest BCUT2D eigenvalue weighted by molar-refractivity contribution is 5.95. The normalized spacial score (nSPS) is 21.8. The Labute approximate surface area is 184 Å². The minimum Gasteiger partial charge on any atom is -0.454 e. The van der Waals surface area contributed by atoms with Gasteiger partial charge in [-0.3, -0.25) is 9.59 Å². The molecular weight excluding hydrogens is 419 g/mol. The standard InChI is InChI=1S/C23H25FN2O6/c24-16-4-1-14(2-5-16)11-25-22(28)10-17-6-7-18(21(12-27)32-17)26-23(29)15-3-8-19-20(9-15)31-13-30-19/h1-5,8-9,17-18,21,27H,6-7,10-13H2,(H,25,28)(H,26,29)/t17-,18+,21-/m1/s1. The van der Waals surface area contributed by atoms with E-state index < -0.39 is 6.10 Å². The third kappa shape index (κ3) is 5.35. The number of amides is 2. The van der Waals surface area contributed by atoms with Crippen LogP contribution in [0, 0.1) is 5.82 Å². The summed E-state index contributed by atoms with van der Waals surface area (Å²) in [7, 11) is 0. The Hall–Kier alpha value is -3.17. The molecule has 32 heavy (non-hydrogen) atoms. The number of fused-ring (bicyclic) bond motifs is 1. The maximum Gasteiger partial charge on any atom is 0.251 e. The molecule has 0 radical (unpaired) electrons. The number of hydrogen-bond acceptors (Lipinski definition) is 6. The number of benzene rings is 2.